The SMILES string of the molecule is CC(NCCS(C)=O)c1cccc(F)c1F. The average Bonchev–Trinajstić information content (AvgIpc) is 2.21. The molecule has 0 amide bonds. The molecule has 0 saturated carbocycles. The summed E-state index contributed by atoms with van der Waals surface area (Å²) in [6.07, 6.45) is 1.61. The van der Waals surface area contributed by atoms with E-state index in [9.17, 15) is 13.0 Å². The Morgan fingerprint density at radius 3 is 2.75 bits per heavy atom. The molecule has 0 aliphatic carbocycles. The second-order valence-corrected chi connectivity index (χ2v) is 5.15. The minimum atomic E-state index is -0.878. The Bertz CT molecular complexity index is 384. The lowest BCUT2D eigenvalue weighted by atomic mass is 10.1. The predicted octanol–water partition coefficient (Wildman–Crippen LogP) is 1.99. The highest BCUT2D eigenvalue weighted by Crippen LogP contribution is 2.18. The normalized spacial score (nSPS) is 14.8. The quantitative estimate of drug-likeness (QED) is 0.862. The molecule has 0 aliphatic heterocycles. The molecule has 1 aromatic carbocycles. The van der Waals surface area contributed by atoms with Crippen molar-refractivity contribution in [3.05, 3.63) is 35.4 Å². The van der Waals surface area contributed by atoms with Gasteiger partial charge in [-0.1, -0.05) is 12.1 Å². The highest BCUT2D eigenvalue weighted by atomic mass is 32.2. The van der Waals surface area contributed by atoms with E-state index in [1.807, 2.05) is 0 Å². The first-order chi connectivity index (χ1) is 7.52. The predicted molar refractivity (Wildman–Crippen MR) is 61.7 cm³/mol. The van der Waals surface area contributed by atoms with E-state index >= 15 is 0 Å². The van der Waals surface area contributed by atoms with Gasteiger partial charge in [0.05, 0.1) is 0 Å². The summed E-state index contributed by atoms with van der Waals surface area (Å²) < 4.78 is 37.1. The van der Waals surface area contributed by atoms with E-state index in [0.29, 0.717) is 17.9 Å². The molecule has 16 heavy (non-hydrogen) atoms. The van der Waals surface area contributed by atoms with Crippen molar-refractivity contribution < 1.29 is 13.0 Å². The van der Waals surface area contributed by atoms with Gasteiger partial charge in [-0.3, -0.25) is 4.21 Å². The lowest BCUT2D eigenvalue weighted by molar-refractivity contribution is 0.477. The maximum Gasteiger partial charge on any atom is 0.163 e. The zero-order valence-corrected chi connectivity index (χ0v) is 10.1. The molecule has 0 heterocycles. The van der Waals surface area contributed by atoms with Crippen LogP contribution in [0, 0.1) is 11.6 Å². The van der Waals surface area contributed by atoms with E-state index < -0.39 is 22.4 Å². The second kappa shape index (κ2) is 6.06. The smallest absolute Gasteiger partial charge is 0.163 e. The van der Waals surface area contributed by atoms with Crippen LogP contribution in [-0.4, -0.2) is 22.8 Å². The minimum Gasteiger partial charge on any atom is -0.309 e. The van der Waals surface area contributed by atoms with E-state index in [4.69, 9.17) is 0 Å². The molecular formula is C11H15F2NOS. The van der Waals surface area contributed by atoms with Crippen LogP contribution < -0.4 is 5.32 Å². The van der Waals surface area contributed by atoms with E-state index in [2.05, 4.69) is 5.32 Å². The van der Waals surface area contributed by atoms with Gasteiger partial charge in [-0.25, -0.2) is 8.78 Å². The van der Waals surface area contributed by atoms with Crippen molar-refractivity contribution in [3.63, 3.8) is 0 Å². The fourth-order valence-electron chi connectivity index (χ4n) is 1.38. The molecule has 5 heteroatoms. The molecule has 0 fully saturated rings. The summed E-state index contributed by atoms with van der Waals surface area (Å²) in [4.78, 5) is 0. The van der Waals surface area contributed by atoms with Gasteiger partial charge in [-0.05, 0) is 13.0 Å². The van der Waals surface area contributed by atoms with Gasteiger partial charge < -0.3 is 5.32 Å². The van der Waals surface area contributed by atoms with Crippen molar-refractivity contribution in [3.8, 4) is 0 Å². The number of hydrogen-bond donors (Lipinski definition) is 1. The molecule has 1 aromatic rings. The number of nitrogens with one attached hydrogen (secondary N) is 1. The largest absolute Gasteiger partial charge is 0.309 e. The Morgan fingerprint density at radius 1 is 1.44 bits per heavy atom. The van der Waals surface area contributed by atoms with Crippen molar-refractivity contribution in [2.75, 3.05) is 18.6 Å². The number of hydrogen-bond acceptors (Lipinski definition) is 2. The first kappa shape index (κ1) is 13.3. The van der Waals surface area contributed by atoms with E-state index in [1.54, 1.807) is 19.2 Å². The zero-order valence-electron chi connectivity index (χ0n) is 9.30. The van der Waals surface area contributed by atoms with Gasteiger partial charge >= 0.3 is 0 Å². The standard InChI is InChI=1S/C11H15F2NOS/c1-8(14-6-7-16(2)15)9-4-3-5-10(12)11(9)13/h3-5,8,14H,6-7H2,1-2H3. The van der Waals surface area contributed by atoms with E-state index in [1.165, 1.54) is 6.07 Å². The molecule has 1 rings (SSSR count). The van der Waals surface area contributed by atoms with Gasteiger partial charge in [0.25, 0.3) is 0 Å². The topological polar surface area (TPSA) is 29.1 Å². The maximum absolute atomic E-state index is 13.4. The molecule has 0 aliphatic rings. The fraction of sp³-hybridized carbons (Fsp3) is 0.455. The molecule has 2 unspecified atom stereocenters. The Balaban J connectivity index is 2.62. The third-order valence-corrected chi connectivity index (χ3v) is 3.07. The second-order valence-electron chi connectivity index (χ2n) is 3.60. The van der Waals surface area contributed by atoms with Gasteiger partial charge in [-0.15, -0.1) is 0 Å². The average molecular weight is 247 g/mol. The van der Waals surface area contributed by atoms with Crippen molar-refractivity contribution in [1.82, 2.24) is 5.32 Å². The van der Waals surface area contributed by atoms with Gasteiger partial charge in [0, 0.05) is 41.0 Å². The summed E-state index contributed by atoms with van der Waals surface area (Å²) in [7, 11) is -0.878. The van der Waals surface area contributed by atoms with Gasteiger partial charge in [0.2, 0.25) is 0 Å². The van der Waals surface area contributed by atoms with Crippen LogP contribution in [0.3, 0.4) is 0 Å². The summed E-state index contributed by atoms with van der Waals surface area (Å²) in [5, 5.41) is 3.00. The van der Waals surface area contributed by atoms with E-state index in [0.717, 1.165) is 6.07 Å². The highest BCUT2D eigenvalue weighted by Gasteiger charge is 2.13. The van der Waals surface area contributed by atoms with Crippen LogP contribution in [0.4, 0.5) is 8.78 Å². The van der Waals surface area contributed by atoms with Crippen molar-refractivity contribution in [1.29, 1.82) is 0 Å². The van der Waals surface area contributed by atoms with E-state index in [-0.39, 0.29) is 6.04 Å². The molecule has 0 spiro atoms. The third-order valence-electron chi connectivity index (χ3n) is 2.29. The molecule has 1 N–H and O–H groups in total. The Morgan fingerprint density at radius 2 is 2.12 bits per heavy atom. The zero-order chi connectivity index (χ0) is 12.1. The number of benzene rings is 1. The number of rotatable bonds is 5. The van der Waals surface area contributed by atoms with Crippen molar-refractivity contribution >= 4 is 10.8 Å². The van der Waals surface area contributed by atoms with Crippen LogP contribution in [0.15, 0.2) is 18.2 Å². The molecule has 2 nitrogen and oxygen atoms in total. The van der Waals surface area contributed by atoms with Gasteiger partial charge in [0.15, 0.2) is 11.6 Å². The van der Waals surface area contributed by atoms with Crippen LogP contribution in [0.5, 0.6) is 0 Å². The van der Waals surface area contributed by atoms with Crippen LogP contribution >= 0.6 is 0 Å². The Hall–Kier alpha value is -0.810. The Labute approximate surface area is 96.5 Å². The molecule has 0 saturated heterocycles. The van der Waals surface area contributed by atoms with Crippen molar-refractivity contribution in [2.24, 2.45) is 0 Å². The lowest BCUT2D eigenvalue weighted by Crippen LogP contribution is -2.24. The van der Waals surface area contributed by atoms with Gasteiger partial charge in [-0.2, -0.15) is 0 Å². The molecular weight excluding hydrogens is 232 g/mol. The molecule has 2 atom stereocenters. The van der Waals surface area contributed by atoms with Crippen LogP contribution in [-0.2, 0) is 10.8 Å². The van der Waals surface area contributed by atoms with Crippen LogP contribution in [0.25, 0.3) is 0 Å². The lowest BCUT2D eigenvalue weighted by Gasteiger charge is -2.14. The first-order valence-electron chi connectivity index (χ1n) is 4.99. The minimum absolute atomic E-state index is 0.292. The maximum atomic E-state index is 13.4. The summed E-state index contributed by atoms with van der Waals surface area (Å²) in [5.41, 5.74) is 0.293. The molecule has 90 valence electrons. The Kier molecular flexibility index (Phi) is 5.02. The van der Waals surface area contributed by atoms with Gasteiger partial charge in [0.1, 0.15) is 0 Å². The summed E-state index contributed by atoms with van der Waals surface area (Å²) in [6.45, 7) is 2.26. The summed E-state index contributed by atoms with van der Waals surface area (Å²) in [6, 6.07) is 3.81. The molecule has 0 radical (unpaired) electrons. The third kappa shape index (κ3) is 3.64. The fourth-order valence-corrected chi connectivity index (χ4v) is 1.79. The number of halogens is 2. The molecule has 0 bridgehead atoms. The summed E-state index contributed by atoms with van der Waals surface area (Å²) in [5.74, 6) is -1.16. The summed E-state index contributed by atoms with van der Waals surface area (Å²) >= 11 is 0. The first-order valence-corrected chi connectivity index (χ1v) is 6.72. The van der Waals surface area contributed by atoms with Crippen LogP contribution in [0.2, 0.25) is 0 Å². The molecule has 0 aromatic heterocycles. The van der Waals surface area contributed by atoms with Crippen molar-refractivity contribution in [2.45, 2.75) is 13.0 Å². The van der Waals surface area contributed by atoms with Crippen LogP contribution in [0.1, 0.15) is 18.5 Å². The highest BCUT2D eigenvalue weighted by molar-refractivity contribution is 7.84. The monoisotopic (exact) mass is 247 g/mol.